The van der Waals surface area contributed by atoms with E-state index in [9.17, 15) is 17.6 Å². The summed E-state index contributed by atoms with van der Waals surface area (Å²) in [5, 5.41) is 10.6. The molecule has 0 aliphatic rings. The quantitative estimate of drug-likeness (QED) is 0.851. The van der Waals surface area contributed by atoms with Crippen LogP contribution in [0.1, 0.15) is 15.2 Å². The molecule has 0 atom stereocenters. The third-order valence-electron chi connectivity index (χ3n) is 2.57. The second-order valence-corrected chi connectivity index (χ2v) is 6.66. The van der Waals surface area contributed by atoms with Crippen LogP contribution in [0.5, 0.6) is 0 Å². The average molecular weight is 324 g/mol. The van der Waals surface area contributed by atoms with Gasteiger partial charge in [0.1, 0.15) is 11.9 Å². The lowest BCUT2D eigenvalue weighted by atomic mass is 10.2. The first-order chi connectivity index (χ1) is 9.94. The van der Waals surface area contributed by atoms with Crippen molar-refractivity contribution < 1.29 is 17.6 Å². The van der Waals surface area contributed by atoms with Gasteiger partial charge in [-0.25, -0.2) is 17.5 Å². The van der Waals surface area contributed by atoms with Gasteiger partial charge >= 0.3 is 0 Å². The molecule has 0 saturated heterocycles. The second-order valence-electron chi connectivity index (χ2n) is 3.98. The van der Waals surface area contributed by atoms with E-state index in [4.69, 9.17) is 5.26 Å². The Morgan fingerprint density at radius 2 is 2.14 bits per heavy atom. The highest BCUT2D eigenvalue weighted by molar-refractivity contribution is 7.89. The number of hydrogen-bond acceptors (Lipinski definition) is 5. The first kappa shape index (κ1) is 15.3. The summed E-state index contributed by atoms with van der Waals surface area (Å²) >= 11 is 1.20. The number of nitrogens with one attached hydrogen (secondary N) is 1. The van der Waals surface area contributed by atoms with E-state index in [1.807, 2.05) is 0 Å². The number of carbonyl (C=O) groups is 1. The van der Waals surface area contributed by atoms with E-state index >= 15 is 0 Å². The van der Waals surface area contributed by atoms with Crippen LogP contribution in [0.15, 0.2) is 40.6 Å². The monoisotopic (exact) mass is 324 g/mol. The van der Waals surface area contributed by atoms with Gasteiger partial charge in [-0.15, -0.1) is 11.3 Å². The van der Waals surface area contributed by atoms with Crippen LogP contribution < -0.4 is 4.72 Å². The fourth-order valence-electron chi connectivity index (χ4n) is 1.59. The predicted molar refractivity (Wildman–Crippen MR) is 75.0 cm³/mol. The predicted octanol–water partition coefficient (Wildman–Crippen LogP) is 1.92. The molecule has 0 aliphatic heterocycles. The molecular formula is C13H9FN2O3S2. The molecule has 8 heteroatoms. The molecular weight excluding hydrogens is 315 g/mol. The molecule has 0 bridgehead atoms. The molecule has 0 radical (unpaired) electrons. The van der Waals surface area contributed by atoms with E-state index in [0.717, 1.165) is 18.2 Å². The number of carbonyl (C=O) groups excluding carboxylic acids is 1. The number of rotatable bonds is 5. The second kappa shape index (κ2) is 6.13. The van der Waals surface area contributed by atoms with Gasteiger partial charge in [-0.05, 0) is 29.6 Å². The number of halogens is 1. The maximum absolute atomic E-state index is 13.0. The van der Waals surface area contributed by atoms with Gasteiger partial charge in [-0.3, -0.25) is 4.79 Å². The number of benzene rings is 1. The topological polar surface area (TPSA) is 87.0 Å². The molecule has 0 spiro atoms. The number of nitrogens with zero attached hydrogens (tertiary/aromatic N) is 1. The van der Waals surface area contributed by atoms with Crippen molar-refractivity contribution in [2.75, 3.05) is 6.54 Å². The van der Waals surface area contributed by atoms with Crippen molar-refractivity contribution in [3.63, 3.8) is 0 Å². The lowest BCUT2D eigenvalue weighted by Gasteiger charge is -2.07. The van der Waals surface area contributed by atoms with Crippen molar-refractivity contribution in [1.29, 1.82) is 5.26 Å². The Labute approximate surface area is 124 Å². The average Bonchev–Trinajstić information content (AvgIpc) is 2.98. The molecule has 0 saturated carbocycles. The smallest absolute Gasteiger partial charge is 0.242 e. The zero-order valence-electron chi connectivity index (χ0n) is 10.5. The summed E-state index contributed by atoms with van der Waals surface area (Å²) in [6, 6.07) is 7.64. The third kappa shape index (κ3) is 3.52. The lowest BCUT2D eigenvalue weighted by Crippen LogP contribution is -2.30. The van der Waals surface area contributed by atoms with E-state index in [1.165, 1.54) is 11.3 Å². The van der Waals surface area contributed by atoms with Crippen LogP contribution in [0, 0.1) is 17.1 Å². The van der Waals surface area contributed by atoms with Crippen LogP contribution in [0.2, 0.25) is 0 Å². The number of ketones is 1. The maximum Gasteiger partial charge on any atom is 0.242 e. The lowest BCUT2D eigenvalue weighted by molar-refractivity contribution is 0.100. The molecule has 5 nitrogen and oxygen atoms in total. The van der Waals surface area contributed by atoms with Crippen molar-refractivity contribution in [3.05, 3.63) is 52.0 Å². The van der Waals surface area contributed by atoms with Crippen LogP contribution in [0.25, 0.3) is 0 Å². The summed E-state index contributed by atoms with van der Waals surface area (Å²) in [7, 11) is -4.06. The first-order valence-electron chi connectivity index (χ1n) is 5.70. The zero-order chi connectivity index (χ0) is 15.5. The zero-order valence-corrected chi connectivity index (χ0v) is 12.2. The van der Waals surface area contributed by atoms with E-state index in [-0.39, 0.29) is 16.2 Å². The molecule has 1 heterocycles. The summed E-state index contributed by atoms with van der Waals surface area (Å²) in [6.07, 6.45) is 0. The first-order valence-corrected chi connectivity index (χ1v) is 8.06. The van der Waals surface area contributed by atoms with Crippen molar-refractivity contribution in [2.24, 2.45) is 0 Å². The highest BCUT2D eigenvalue weighted by Gasteiger charge is 2.20. The van der Waals surface area contributed by atoms with Crippen LogP contribution in [-0.2, 0) is 10.0 Å². The molecule has 2 rings (SSSR count). The van der Waals surface area contributed by atoms with E-state index in [1.54, 1.807) is 23.6 Å². The fraction of sp³-hybridized carbons (Fsp3) is 0.0769. The Hall–Kier alpha value is -2.08. The Balaban J connectivity index is 2.20. The number of nitriles is 1. The summed E-state index contributed by atoms with van der Waals surface area (Å²) in [6.45, 7) is -0.426. The number of hydrogen-bond donors (Lipinski definition) is 1. The third-order valence-corrected chi connectivity index (χ3v) is 4.94. The van der Waals surface area contributed by atoms with Gasteiger partial charge in [0.2, 0.25) is 10.0 Å². The molecule has 0 aliphatic carbocycles. The minimum absolute atomic E-state index is 0.314. The molecule has 1 aromatic carbocycles. The summed E-state index contributed by atoms with van der Waals surface area (Å²) < 4.78 is 39.2. The minimum atomic E-state index is -4.06. The Morgan fingerprint density at radius 3 is 2.76 bits per heavy atom. The molecule has 0 amide bonds. The van der Waals surface area contributed by atoms with Crippen molar-refractivity contribution >= 4 is 27.1 Å². The molecule has 0 unspecified atom stereocenters. The molecule has 108 valence electrons. The van der Waals surface area contributed by atoms with Gasteiger partial charge in [-0.2, -0.15) is 5.26 Å². The van der Waals surface area contributed by atoms with Gasteiger partial charge in [0.25, 0.3) is 0 Å². The standard InChI is InChI=1S/C13H9FN2O3S2/c14-10-3-4-13(9(6-10)7-15)21(18,19)16-8-11(17)12-2-1-5-20-12/h1-6,16H,8H2. The summed E-state index contributed by atoms with van der Waals surface area (Å²) in [4.78, 5) is 11.8. The van der Waals surface area contributed by atoms with Gasteiger partial charge in [0, 0.05) is 0 Å². The van der Waals surface area contributed by atoms with Gasteiger partial charge in [0.15, 0.2) is 5.78 Å². The van der Waals surface area contributed by atoms with Crippen LogP contribution >= 0.6 is 11.3 Å². The number of sulfonamides is 1. The molecule has 21 heavy (non-hydrogen) atoms. The van der Waals surface area contributed by atoms with Crippen molar-refractivity contribution in [3.8, 4) is 6.07 Å². The van der Waals surface area contributed by atoms with Gasteiger partial charge in [-0.1, -0.05) is 6.07 Å². The van der Waals surface area contributed by atoms with E-state index in [0.29, 0.717) is 4.88 Å². The Kier molecular flexibility index (Phi) is 4.47. The van der Waals surface area contributed by atoms with E-state index in [2.05, 4.69) is 4.72 Å². The largest absolute Gasteiger partial charge is 0.292 e. The van der Waals surface area contributed by atoms with E-state index < -0.39 is 22.4 Å². The number of thiophene rings is 1. The van der Waals surface area contributed by atoms with Gasteiger partial charge < -0.3 is 0 Å². The molecule has 0 fully saturated rings. The normalized spacial score (nSPS) is 11.0. The summed E-state index contributed by atoms with van der Waals surface area (Å²) in [5.74, 6) is -1.09. The van der Waals surface area contributed by atoms with Crippen molar-refractivity contribution in [1.82, 2.24) is 4.72 Å². The van der Waals surface area contributed by atoms with Crippen LogP contribution in [0.3, 0.4) is 0 Å². The molecule has 1 N–H and O–H groups in total. The highest BCUT2D eigenvalue weighted by Crippen LogP contribution is 2.16. The Bertz CT molecular complexity index is 808. The van der Waals surface area contributed by atoms with Crippen LogP contribution in [-0.4, -0.2) is 20.7 Å². The fourth-order valence-corrected chi connectivity index (χ4v) is 3.37. The SMILES string of the molecule is N#Cc1cc(F)ccc1S(=O)(=O)NCC(=O)c1cccs1. The van der Waals surface area contributed by atoms with Crippen LogP contribution in [0.4, 0.5) is 4.39 Å². The molecule has 1 aromatic heterocycles. The Morgan fingerprint density at radius 1 is 1.38 bits per heavy atom. The highest BCUT2D eigenvalue weighted by atomic mass is 32.2. The minimum Gasteiger partial charge on any atom is -0.292 e. The van der Waals surface area contributed by atoms with Crippen molar-refractivity contribution in [2.45, 2.75) is 4.90 Å². The number of Topliss-reactive ketones (excluding diaryl/α,β-unsaturated/α-hetero) is 1. The van der Waals surface area contributed by atoms with Gasteiger partial charge in [0.05, 0.1) is 21.9 Å². The summed E-state index contributed by atoms with van der Waals surface area (Å²) in [5.41, 5.74) is -0.314. The molecule has 2 aromatic rings. The maximum atomic E-state index is 13.0.